The summed E-state index contributed by atoms with van der Waals surface area (Å²) < 4.78 is 21.8. The lowest BCUT2D eigenvalue weighted by Crippen LogP contribution is -2.43. The van der Waals surface area contributed by atoms with Crippen LogP contribution in [0, 0.1) is 5.92 Å². The Morgan fingerprint density at radius 2 is 1.77 bits per heavy atom. The Morgan fingerprint density at radius 3 is 2.36 bits per heavy atom. The first-order chi connectivity index (χ1) is 10.7. The molecule has 0 aromatic rings. The lowest BCUT2D eigenvalue weighted by molar-refractivity contribution is -0.244. The molecule has 1 N–H and O–H groups in total. The van der Waals surface area contributed by atoms with Crippen LogP contribution in [0.5, 0.6) is 0 Å². The highest BCUT2D eigenvalue weighted by molar-refractivity contribution is 5.57. The summed E-state index contributed by atoms with van der Waals surface area (Å²) in [7, 11) is 0. The maximum absolute atomic E-state index is 10.5. The number of hydrogen-bond acceptors (Lipinski definition) is 5. The number of hydrogen-bond donors (Lipinski definition) is 1. The second-order valence-electron chi connectivity index (χ2n) is 6.16. The molecule has 22 heavy (non-hydrogen) atoms. The molecule has 0 radical (unpaired) electrons. The van der Waals surface area contributed by atoms with E-state index in [1.807, 2.05) is 0 Å². The van der Waals surface area contributed by atoms with Crippen LogP contribution < -0.4 is 0 Å². The Morgan fingerprint density at radius 1 is 1.09 bits per heavy atom. The summed E-state index contributed by atoms with van der Waals surface area (Å²) in [4.78, 5) is 10.5. The van der Waals surface area contributed by atoms with Crippen LogP contribution in [0.2, 0.25) is 0 Å². The maximum atomic E-state index is 10.5. The third-order valence-corrected chi connectivity index (χ3v) is 4.37. The van der Waals surface area contributed by atoms with Gasteiger partial charge in [0.25, 0.3) is 0 Å². The monoisotopic (exact) mass is 316 g/mol. The molecule has 0 unspecified atom stereocenters. The third kappa shape index (κ3) is 5.74. The predicted molar refractivity (Wildman–Crippen MR) is 79.8 cm³/mol. The molecule has 0 spiro atoms. The zero-order valence-corrected chi connectivity index (χ0v) is 13.4. The normalized spacial score (nSPS) is 32.6. The average molecular weight is 316 g/mol. The Kier molecular flexibility index (Phi) is 7.42. The molecule has 1 aliphatic heterocycles. The van der Waals surface area contributed by atoms with Gasteiger partial charge in [-0.05, 0) is 32.1 Å². The smallest absolute Gasteiger partial charge is 0.450 e. The molecular weight excluding hydrogens is 288 g/mol. The first kappa shape index (κ1) is 17.5. The summed E-state index contributed by atoms with van der Waals surface area (Å²) in [6, 6.07) is 0. The Labute approximate surface area is 132 Å². The summed E-state index contributed by atoms with van der Waals surface area (Å²) in [6.45, 7) is 3.63. The first-order valence-electron chi connectivity index (χ1n) is 8.43. The van der Waals surface area contributed by atoms with E-state index in [9.17, 15) is 4.79 Å². The van der Waals surface area contributed by atoms with Gasteiger partial charge in [-0.2, -0.15) is 0 Å². The van der Waals surface area contributed by atoms with Gasteiger partial charge < -0.3 is 24.1 Å². The van der Waals surface area contributed by atoms with E-state index in [0.29, 0.717) is 12.0 Å². The van der Waals surface area contributed by atoms with Crippen molar-refractivity contribution in [2.24, 2.45) is 5.92 Å². The van der Waals surface area contributed by atoms with Gasteiger partial charge >= 0.3 is 6.16 Å². The van der Waals surface area contributed by atoms with Crippen LogP contribution in [0.4, 0.5) is 4.79 Å². The molecule has 2 rings (SSSR count). The topological polar surface area (TPSA) is 74.2 Å². The molecule has 0 amide bonds. The Balaban J connectivity index is 1.60. The van der Waals surface area contributed by atoms with Crippen molar-refractivity contribution in [3.63, 3.8) is 0 Å². The van der Waals surface area contributed by atoms with Crippen molar-refractivity contribution in [1.29, 1.82) is 0 Å². The second-order valence-corrected chi connectivity index (χ2v) is 6.16. The van der Waals surface area contributed by atoms with Gasteiger partial charge in [0, 0.05) is 12.5 Å². The van der Waals surface area contributed by atoms with E-state index in [-0.39, 0.29) is 19.5 Å². The fraction of sp³-hybridized carbons (Fsp3) is 0.938. The number of unbranched alkanes of at least 4 members (excludes halogenated alkanes) is 2. The van der Waals surface area contributed by atoms with Crippen LogP contribution in [0.3, 0.4) is 0 Å². The van der Waals surface area contributed by atoms with Gasteiger partial charge in [-0.1, -0.05) is 19.8 Å². The number of carboxylic acid groups (broad SMARTS) is 1. The van der Waals surface area contributed by atoms with Gasteiger partial charge in [0.05, 0.1) is 19.3 Å². The molecule has 6 nitrogen and oxygen atoms in total. The van der Waals surface area contributed by atoms with Gasteiger partial charge in [-0.15, -0.1) is 0 Å². The van der Waals surface area contributed by atoms with E-state index in [0.717, 1.165) is 38.7 Å². The molecule has 128 valence electrons. The van der Waals surface area contributed by atoms with Crippen LogP contribution >= 0.6 is 0 Å². The average Bonchev–Trinajstić information content (AvgIpc) is 2.52. The lowest BCUT2D eigenvalue weighted by Gasteiger charge is -2.37. The van der Waals surface area contributed by atoms with Crippen LogP contribution in [0.1, 0.15) is 51.9 Å². The van der Waals surface area contributed by atoms with Gasteiger partial charge in [0.1, 0.15) is 0 Å². The van der Waals surface area contributed by atoms with E-state index >= 15 is 0 Å². The highest BCUT2D eigenvalue weighted by Crippen LogP contribution is 2.32. The summed E-state index contributed by atoms with van der Waals surface area (Å²) >= 11 is 0. The lowest BCUT2D eigenvalue weighted by atomic mass is 9.86. The molecular formula is C16H28O6. The highest BCUT2D eigenvalue weighted by atomic mass is 16.7. The Bertz CT molecular complexity index is 319. The maximum Gasteiger partial charge on any atom is 0.506 e. The molecule has 0 bridgehead atoms. The SMILES string of the molecule is CCCCCOC1CCC(C2OCC(OC(=O)O)CO2)CC1. The van der Waals surface area contributed by atoms with Crippen LogP contribution in [-0.2, 0) is 18.9 Å². The summed E-state index contributed by atoms with van der Waals surface area (Å²) in [5.41, 5.74) is 0. The molecule has 0 aromatic carbocycles. The van der Waals surface area contributed by atoms with E-state index in [4.69, 9.17) is 19.3 Å². The van der Waals surface area contributed by atoms with E-state index < -0.39 is 12.3 Å². The van der Waals surface area contributed by atoms with Gasteiger partial charge in [0.2, 0.25) is 0 Å². The largest absolute Gasteiger partial charge is 0.506 e. The third-order valence-electron chi connectivity index (χ3n) is 4.37. The number of ether oxygens (including phenoxy) is 4. The second kappa shape index (κ2) is 9.33. The minimum absolute atomic E-state index is 0.227. The van der Waals surface area contributed by atoms with Crippen molar-refractivity contribution in [2.45, 2.75) is 70.4 Å². The van der Waals surface area contributed by atoms with Crippen molar-refractivity contribution < 1.29 is 28.8 Å². The van der Waals surface area contributed by atoms with Crippen molar-refractivity contribution >= 4 is 6.16 Å². The molecule has 1 saturated carbocycles. The van der Waals surface area contributed by atoms with Crippen molar-refractivity contribution in [3.05, 3.63) is 0 Å². The quantitative estimate of drug-likeness (QED) is 0.574. The number of rotatable bonds is 7. The molecule has 1 saturated heterocycles. The van der Waals surface area contributed by atoms with Crippen molar-refractivity contribution in [2.75, 3.05) is 19.8 Å². The van der Waals surface area contributed by atoms with Crippen LogP contribution in [-0.4, -0.2) is 49.6 Å². The summed E-state index contributed by atoms with van der Waals surface area (Å²) in [5, 5.41) is 8.57. The van der Waals surface area contributed by atoms with Gasteiger partial charge in [-0.3, -0.25) is 0 Å². The minimum Gasteiger partial charge on any atom is -0.450 e. The van der Waals surface area contributed by atoms with Gasteiger partial charge in [0.15, 0.2) is 12.4 Å². The number of carbonyl (C=O) groups is 1. The van der Waals surface area contributed by atoms with Crippen LogP contribution in [0.15, 0.2) is 0 Å². The zero-order valence-electron chi connectivity index (χ0n) is 13.4. The highest BCUT2D eigenvalue weighted by Gasteiger charge is 2.33. The van der Waals surface area contributed by atoms with Crippen molar-refractivity contribution in [3.8, 4) is 0 Å². The standard InChI is InChI=1S/C16H28O6/c1-2-3-4-9-19-13-7-5-12(6-8-13)15-20-10-14(11-21-15)22-16(17)18/h12-15H,2-11H2,1H3,(H,17,18). The Hall–Kier alpha value is -0.850. The summed E-state index contributed by atoms with van der Waals surface area (Å²) in [5.74, 6) is 0.376. The fourth-order valence-corrected chi connectivity index (χ4v) is 3.11. The van der Waals surface area contributed by atoms with E-state index in [1.165, 1.54) is 12.8 Å². The van der Waals surface area contributed by atoms with E-state index in [2.05, 4.69) is 11.7 Å². The zero-order chi connectivity index (χ0) is 15.8. The molecule has 6 heteroatoms. The van der Waals surface area contributed by atoms with E-state index in [1.54, 1.807) is 0 Å². The van der Waals surface area contributed by atoms with Crippen LogP contribution in [0.25, 0.3) is 0 Å². The first-order valence-corrected chi connectivity index (χ1v) is 8.43. The summed E-state index contributed by atoms with van der Waals surface area (Å²) in [6.07, 6.45) is 6.14. The molecule has 1 aliphatic carbocycles. The molecule has 0 aromatic heterocycles. The molecule has 2 fully saturated rings. The molecule has 0 atom stereocenters. The molecule has 1 heterocycles. The minimum atomic E-state index is -1.28. The molecule has 2 aliphatic rings. The predicted octanol–water partition coefficient (Wildman–Crippen LogP) is 3.19. The van der Waals surface area contributed by atoms with Crippen molar-refractivity contribution in [1.82, 2.24) is 0 Å². The fourth-order valence-electron chi connectivity index (χ4n) is 3.11. The van der Waals surface area contributed by atoms with Gasteiger partial charge in [-0.25, -0.2) is 4.79 Å².